The van der Waals surface area contributed by atoms with Crippen LogP contribution in [0.15, 0.2) is 21.0 Å². The van der Waals surface area contributed by atoms with Crippen LogP contribution >= 0.6 is 15.9 Å². The molecule has 0 bridgehead atoms. The molecule has 7 nitrogen and oxygen atoms in total. The van der Waals surface area contributed by atoms with E-state index in [0.717, 1.165) is 0 Å². The number of nitrogens with one attached hydrogen (secondary N) is 1. The molecule has 1 fully saturated rings. The van der Waals surface area contributed by atoms with Crippen molar-refractivity contribution in [2.45, 2.75) is 32.4 Å². The highest BCUT2D eigenvalue weighted by molar-refractivity contribution is 9.10. The van der Waals surface area contributed by atoms with E-state index in [1.54, 1.807) is 20.8 Å². The van der Waals surface area contributed by atoms with Gasteiger partial charge in [-0.1, -0.05) is 15.9 Å². The number of likely N-dealkylation sites (tertiary alicyclic amines) is 1. The zero-order valence-electron chi connectivity index (χ0n) is 13.9. The minimum absolute atomic E-state index is 0.00246. The van der Waals surface area contributed by atoms with Gasteiger partial charge in [-0.25, -0.2) is 14.2 Å². The first kappa shape index (κ1) is 17.7. The number of nitrogens with zero attached hydrogens (tertiary/aromatic N) is 2. The number of hydrogen-bond acceptors (Lipinski definition) is 5. The molecule has 134 valence electrons. The average molecular weight is 414 g/mol. The third-order valence-electron chi connectivity index (χ3n) is 3.48. The molecule has 9 heteroatoms. The summed E-state index contributed by atoms with van der Waals surface area (Å²) in [7, 11) is 0. The van der Waals surface area contributed by atoms with Crippen LogP contribution in [0.5, 0.6) is 0 Å². The first-order valence-electron chi connectivity index (χ1n) is 7.67. The Morgan fingerprint density at radius 2 is 2.08 bits per heavy atom. The summed E-state index contributed by atoms with van der Waals surface area (Å²) in [6.07, 6.45) is -0.424. The van der Waals surface area contributed by atoms with Crippen molar-refractivity contribution in [1.82, 2.24) is 15.2 Å². The van der Waals surface area contributed by atoms with Crippen LogP contribution in [0.4, 0.5) is 9.18 Å². The fourth-order valence-corrected chi connectivity index (χ4v) is 2.76. The van der Waals surface area contributed by atoms with Gasteiger partial charge in [-0.2, -0.15) is 0 Å². The Bertz CT molecular complexity index is 840. The SMILES string of the molecule is CC(C)(C)OC(=O)N1CC(NC(=O)c2nc3c(F)cc(Br)cc3o2)C1. The van der Waals surface area contributed by atoms with Gasteiger partial charge in [0, 0.05) is 17.6 Å². The van der Waals surface area contributed by atoms with Gasteiger partial charge in [0.05, 0.1) is 6.04 Å². The van der Waals surface area contributed by atoms with E-state index >= 15 is 0 Å². The third-order valence-corrected chi connectivity index (χ3v) is 3.93. The number of oxazole rings is 1. The molecule has 2 aromatic rings. The van der Waals surface area contributed by atoms with Gasteiger partial charge >= 0.3 is 12.0 Å². The molecule has 2 heterocycles. The van der Waals surface area contributed by atoms with Crippen molar-refractivity contribution in [2.75, 3.05) is 13.1 Å². The van der Waals surface area contributed by atoms with E-state index in [4.69, 9.17) is 9.15 Å². The van der Waals surface area contributed by atoms with Gasteiger partial charge in [0.25, 0.3) is 5.89 Å². The van der Waals surface area contributed by atoms with Crippen molar-refractivity contribution in [2.24, 2.45) is 0 Å². The first-order valence-corrected chi connectivity index (χ1v) is 8.46. The van der Waals surface area contributed by atoms with Crippen molar-refractivity contribution in [3.05, 3.63) is 28.3 Å². The standard InChI is InChI=1S/C16H17BrFN3O4/c1-16(2,3)25-15(23)21-6-9(7-21)19-13(22)14-20-12-10(18)4-8(17)5-11(12)24-14/h4-5,9H,6-7H2,1-3H3,(H,19,22). The minimum Gasteiger partial charge on any atom is -0.444 e. The molecule has 1 saturated heterocycles. The van der Waals surface area contributed by atoms with Crippen molar-refractivity contribution >= 4 is 39.0 Å². The number of carbonyl (C=O) groups excluding carboxylic acids is 2. The van der Waals surface area contributed by atoms with E-state index in [1.165, 1.54) is 17.0 Å². The molecule has 0 spiro atoms. The number of rotatable bonds is 2. The molecule has 1 aromatic carbocycles. The number of ether oxygens (including phenoxy) is 1. The smallest absolute Gasteiger partial charge is 0.410 e. The summed E-state index contributed by atoms with van der Waals surface area (Å²) in [5.41, 5.74) is -0.388. The van der Waals surface area contributed by atoms with Crippen molar-refractivity contribution < 1.29 is 23.1 Å². The maximum atomic E-state index is 13.8. The summed E-state index contributed by atoms with van der Waals surface area (Å²) in [6.45, 7) is 6.03. The molecular weight excluding hydrogens is 397 g/mol. The highest BCUT2D eigenvalue weighted by Gasteiger charge is 2.35. The number of amides is 2. The number of carbonyl (C=O) groups is 2. The minimum atomic E-state index is -0.577. The third kappa shape index (κ3) is 3.92. The van der Waals surface area contributed by atoms with Gasteiger partial charge in [-0.3, -0.25) is 4.79 Å². The van der Waals surface area contributed by atoms with E-state index in [9.17, 15) is 14.0 Å². The fraction of sp³-hybridized carbons (Fsp3) is 0.438. The molecule has 1 aliphatic heterocycles. The average Bonchev–Trinajstić information content (AvgIpc) is 2.84. The van der Waals surface area contributed by atoms with Gasteiger partial charge in [-0.05, 0) is 32.9 Å². The van der Waals surface area contributed by atoms with Crippen molar-refractivity contribution in [3.63, 3.8) is 0 Å². The van der Waals surface area contributed by atoms with Gasteiger partial charge in [0.15, 0.2) is 11.4 Å². The maximum Gasteiger partial charge on any atom is 0.410 e. The quantitative estimate of drug-likeness (QED) is 0.817. The number of aromatic nitrogens is 1. The molecule has 3 rings (SSSR count). The monoisotopic (exact) mass is 413 g/mol. The summed E-state index contributed by atoms with van der Waals surface area (Å²) < 4.78 is 24.8. The molecular formula is C16H17BrFN3O4. The topological polar surface area (TPSA) is 84.7 Å². The van der Waals surface area contributed by atoms with Crippen LogP contribution in [-0.4, -0.2) is 46.6 Å². The van der Waals surface area contributed by atoms with E-state index in [1.807, 2.05) is 0 Å². The Labute approximate surface area is 151 Å². The van der Waals surface area contributed by atoms with Crippen molar-refractivity contribution in [1.29, 1.82) is 0 Å². The zero-order chi connectivity index (χ0) is 18.4. The normalized spacial score (nSPS) is 15.2. The molecule has 0 unspecified atom stereocenters. The van der Waals surface area contributed by atoms with Crippen LogP contribution in [0, 0.1) is 5.82 Å². The van der Waals surface area contributed by atoms with Crippen LogP contribution < -0.4 is 5.32 Å². The molecule has 0 atom stereocenters. The van der Waals surface area contributed by atoms with E-state index < -0.39 is 23.4 Å². The summed E-state index contributed by atoms with van der Waals surface area (Å²) in [5.74, 6) is -1.35. The number of hydrogen-bond donors (Lipinski definition) is 1. The van der Waals surface area contributed by atoms with Crippen LogP contribution in [-0.2, 0) is 4.74 Å². The second-order valence-corrected chi connectivity index (χ2v) is 7.72. The second-order valence-electron chi connectivity index (χ2n) is 6.81. The van der Waals surface area contributed by atoms with Crippen LogP contribution in [0.25, 0.3) is 11.1 Å². The second kappa shape index (κ2) is 6.29. The van der Waals surface area contributed by atoms with Gasteiger partial charge < -0.3 is 19.4 Å². The molecule has 0 aliphatic carbocycles. The summed E-state index contributed by atoms with van der Waals surface area (Å²) in [4.78, 5) is 29.4. The summed E-state index contributed by atoms with van der Waals surface area (Å²) >= 11 is 3.15. The Balaban J connectivity index is 1.59. The molecule has 1 aliphatic rings. The lowest BCUT2D eigenvalue weighted by molar-refractivity contribution is 0.00520. The number of benzene rings is 1. The molecule has 0 radical (unpaired) electrons. The van der Waals surface area contributed by atoms with Crippen LogP contribution in [0.1, 0.15) is 31.5 Å². The summed E-state index contributed by atoms with van der Waals surface area (Å²) in [6, 6.07) is 2.55. The first-order chi connectivity index (χ1) is 11.6. The highest BCUT2D eigenvalue weighted by atomic mass is 79.9. The van der Waals surface area contributed by atoms with E-state index in [0.29, 0.717) is 17.6 Å². The van der Waals surface area contributed by atoms with Crippen molar-refractivity contribution in [3.8, 4) is 0 Å². The summed E-state index contributed by atoms with van der Waals surface area (Å²) in [5, 5.41) is 2.70. The van der Waals surface area contributed by atoms with E-state index in [2.05, 4.69) is 26.2 Å². The predicted molar refractivity (Wildman–Crippen MR) is 90.7 cm³/mol. The Hall–Kier alpha value is -2.16. The largest absolute Gasteiger partial charge is 0.444 e. The van der Waals surface area contributed by atoms with Crippen LogP contribution in [0.2, 0.25) is 0 Å². The number of fused-ring (bicyclic) bond motifs is 1. The molecule has 1 N–H and O–H groups in total. The Morgan fingerprint density at radius 3 is 2.72 bits per heavy atom. The Kier molecular flexibility index (Phi) is 4.44. The molecule has 2 amide bonds. The zero-order valence-corrected chi connectivity index (χ0v) is 15.5. The van der Waals surface area contributed by atoms with Gasteiger partial charge in [0.2, 0.25) is 0 Å². The number of halogens is 2. The highest BCUT2D eigenvalue weighted by Crippen LogP contribution is 2.24. The van der Waals surface area contributed by atoms with Gasteiger partial charge in [-0.15, -0.1) is 0 Å². The van der Waals surface area contributed by atoms with Crippen LogP contribution in [0.3, 0.4) is 0 Å². The predicted octanol–water partition coefficient (Wildman–Crippen LogP) is 3.08. The molecule has 0 saturated carbocycles. The molecule has 25 heavy (non-hydrogen) atoms. The Morgan fingerprint density at radius 1 is 1.40 bits per heavy atom. The van der Waals surface area contributed by atoms with E-state index in [-0.39, 0.29) is 23.0 Å². The fourth-order valence-electron chi connectivity index (χ4n) is 2.35. The van der Waals surface area contributed by atoms with Gasteiger partial charge in [0.1, 0.15) is 11.1 Å². The maximum absolute atomic E-state index is 13.8. The lowest BCUT2D eigenvalue weighted by Crippen LogP contribution is -2.61. The lowest BCUT2D eigenvalue weighted by Gasteiger charge is -2.39. The lowest BCUT2D eigenvalue weighted by atomic mass is 10.1. The molecule has 1 aromatic heterocycles.